The standard InChI is InChI=1S/C17H19N3O3S/c1-24(22,23)14-4-2-12(3-5-14)8-20-17(21)16-11-19-10-13-9-18-7-6-15(13)16/h2-5,10-11,18H,6-9H2,1H3,(H,20,21). The number of nitrogens with one attached hydrogen (secondary N) is 2. The van der Waals surface area contributed by atoms with Crippen LogP contribution in [-0.2, 0) is 29.3 Å². The third-order valence-corrected chi connectivity index (χ3v) is 5.19. The van der Waals surface area contributed by atoms with Gasteiger partial charge in [0, 0.05) is 31.7 Å². The second kappa shape index (κ2) is 6.70. The molecule has 0 radical (unpaired) electrons. The molecule has 24 heavy (non-hydrogen) atoms. The van der Waals surface area contributed by atoms with Crippen molar-refractivity contribution >= 4 is 15.7 Å². The summed E-state index contributed by atoms with van der Waals surface area (Å²) < 4.78 is 22.9. The molecule has 0 saturated heterocycles. The van der Waals surface area contributed by atoms with Gasteiger partial charge in [-0.05, 0) is 41.8 Å². The highest BCUT2D eigenvalue weighted by atomic mass is 32.2. The SMILES string of the molecule is CS(=O)(=O)c1ccc(CNC(=O)c2cncc3c2CCNC3)cc1. The first-order valence-corrected chi connectivity index (χ1v) is 9.58. The van der Waals surface area contributed by atoms with E-state index in [0.717, 1.165) is 36.2 Å². The van der Waals surface area contributed by atoms with Crippen LogP contribution < -0.4 is 10.6 Å². The number of pyridine rings is 1. The molecule has 1 aliphatic rings. The zero-order chi connectivity index (χ0) is 17.2. The van der Waals surface area contributed by atoms with Crippen LogP contribution in [-0.4, -0.2) is 32.1 Å². The van der Waals surface area contributed by atoms with Crippen LogP contribution in [0.1, 0.15) is 27.0 Å². The average Bonchev–Trinajstić information content (AvgIpc) is 2.59. The fraction of sp³-hybridized carbons (Fsp3) is 0.294. The van der Waals surface area contributed by atoms with Crippen molar-refractivity contribution in [3.05, 3.63) is 58.9 Å². The van der Waals surface area contributed by atoms with E-state index in [2.05, 4.69) is 15.6 Å². The fourth-order valence-electron chi connectivity index (χ4n) is 2.74. The molecule has 6 nitrogen and oxygen atoms in total. The summed E-state index contributed by atoms with van der Waals surface area (Å²) in [5.41, 5.74) is 3.57. The number of carbonyl (C=O) groups is 1. The number of rotatable bonds is 4. The maximum atomic E-state index is 12.4. The summed E-state index contributed by atoms with van der Waals surface area (Å²) in [5, 5.41) is 6.14. The van der Waals surface area contributed by atoms with E-state index in [4.69, 9.17) is 0 Å². The lowest BCUT2D eigenvalue weighted by molar-refractivity contribution is 0.0949. The molecular formula is C17H19N3O3S. The molecule has 2 N–H and O–H groups in total. The number of hydrogen-bond acceptors (Lipinski definition) is 5. The lowest BCUT2D eigenvalue weighted by Crippen LogP contribution is -2.29. The maximum Gasteiger partial charge on any atom is 0.253 e. The van der Waals surface area contributed by atoms with Gasteiger partial charge < -0.3 is 10.6 Å². The molecule has 0 fully saturated rings. The largest absolute Gasteiger partial charge is 0.348 e. The number of amides is 1. The predicted octanol–water partition coefficient (Wildman–Crippen LogP) is 1.06. The molecule has 2 aromatic rings. The Morgan fingerprint density at radius 3 is 2.71 bits per heavy atom. The molecule has 1 aromatic heterocycles. The highest BCUT2D eigenvalue weighted by Gasteiger charge is 2.17. The van der Waals surface area contributed by atoms with Crippen molar-refractivity contribution in [3.8, 4) is 0 Å². The van der Waals surface area contributed by atoms with Gasteiger partial charge in [0.25, 0.3) is 5.91 Å². The maximum absolute atomic E-state index is 12.4. The second-order valence-electron chi connectivity index (χ2n) is 5.85. The Morgan fingerprint density at radius 1 is 1.25 bits per heavy atom. The molecule has 0 spiro atoms. The lowest BCUT2D eigenvalue weighted by atomic mass is 9.98. The van der Waals surface area contributed by atoms with Crippen molar-refractivity contribution < 1.29 is 13.2 Å². The molecule has 1 amide bonds. The van der Waals surface area contributed by atoms with Crippen molar-refractivity contribution in [1.82, 2.24) is 15.6 Å². The molecule has 0 saturated carbocycles. The molecular weight excluding hydrogens is 326 g/mol. The Morgan fingerprint density at radius 2 is 2.00 bits per heavy atom. The van der Waals surface area contributed by atoms with Crippen LogP contribution in [0.15, 0.2) is 41.6 Å². The molecule has 1 aliphatic heterocycles. The average molecular weight is 345 g/mol. The Kier molecular flexibility index (Phi) is 4.64. The van der Waals surface area contributed by atoms with Crippen molar-refractivity contribution in [2.24, 2.45) is 0 Å². The molecule has 1 aromatic carbocycles. The number of nitrogens with zero attached hydrogens (tertiary/aromatic N) is 1. The van der Waals surface area contributed by atoms with Gasteiger partial charge in [-0.15, -0.1) is 0 Å². The molecule has 0 atom stereocenters. The van der Waals surface area contributed by atoms with Crippen molar-refractivity contribution in [2.75, 3.05) is 12.8 Å². The Balaban J connectivity index is 1.70. The predicted molar refractivity (Wildman–Crippen MR) is 90.4 cm³/mol. The van der Waals surface area contributed by atoms with Gasteiger partial charge in [0.2, 0.25) is 0 Å². The van der Waals surface area contributed by atoms with E-state index in [-0.39, 0.29) is 10.8 Å². The van der Waals surface area contributed by atoms with Crippen LogP contribution in [0.5, 0.6) is 0 Å². The highest BCUT2D eigenvalue weighted by molar-refractivity contribution is 7.90. The quantitative estimate of drug-likeness (QED) is 0.865. The topological polar surface area (TPSA) is 88.2 Å². The summed E-state index contributed by atoms with van der Waals surface area (Å²) in [5.74, 6) is -0.159. The monoisotopic (exact) mass is 345 g/mol. The summed E-state index contributed by atoms with van der Waals surface area (Å²) in [4.78, 5) is 16.9. The van der Waals surface area contributed by atoms with Gasteiger partial charge in [0.1, 0.15) is 0 Å². The van der Waals surface area contributed by atoms with Gasteiger partial charge in [0.15, 0.2) is 9.84 Å². The molecule has 3 rings (SSSR count). The normalized spacial score (nSPS) is 14.0. The van der Waals surface area contributed by atoms with E-state index in [0.29, 0.717) is 12.1 Å². The summed E-state index contributed by atoms with van der Waals surface area (Å²) in [7, 11) is -3.21. The van der Waals surface area contributed by atoms with Crippen LogP contribution in [0, 0.1) is 0 Å². The first kappa shape index (κ1) is 16.6. The first-order valence-electron chi connectivity index (χ1n) is 7.69. The number of carbonyl (C=O) groups excluding carboxylic acids is 1. The smallest absolute Gasteiger partial charge is 0.253 e. The number of sulfone groups is 1. The van der Waals surface area contributed by atoms with Gasteiger partial charge in [-0.2, -0.15) is 0 Å². The van der Waals surface area contributed by atoms with Gasteiger partial charge in [-0.1, -0.05) is 12.1 Å². The molecule has 0 unspecified atom stereocenters. The van der Waals surface area contributed by atoms with Gasteiger partial charge in [-0.3, -0.25) is 9.78 Å². The lowest BCUT2D eigenvalue weighted by Gasteiger charge is -2.19. The van der Waals surface area contributed by atoms with E-state index in [1.165, 1.54) is 6.26 Å². The van der Waals surface area contributed by atoms with E-state index in [1.807, 2.05) is 0 Å². The van der Waals surface area contributed by atoms with Crippen LogP contribution in [0.3, 0.4) is 0 Å². The van der Waals surface area contributed by atoms with E-state index in [9.17, 15) is 13.2 Å². The fourth-order valence-corrected chi connectivity index (χ4v) is 3.37. The number of hydrogen-bond donors (Lipinski definition) is 2. The first-order chi connectivity index (χ1) is 11.4. The number of benzene rings is 1. The van der Waals surface area contributed by atoms with Crippen LogP contribution in [0.4, 0.5) is 0 Å². The summed E-state index contributed by atoms with van der Waals surface area (Å²) >= 11 is 0. The van der Waals surface area contributed by atoms with Gasteiger partial charge in [-0.25, -0.2) is 8.42 Å². The zero-order valence-corrected chi connectivity index (χ0v) is 14.2. The third-order valence-electron chi connectivity index (χ3n) is 4.06. The third kappa shape index (κ3) is 3.63. The minimum Gasteiger partial charge on any atom is -0.348 e. The van der Waals surface area contributed by atoms with E-state index >= 15 is 0 Å². The van der Waals surface area contributed by atoms with Gasteiger partial charge in [0.05, 0.1) is 10.5 Å². The molecule has 7 heteroatoms. The molecule has 2 heterocycles. The van der Waals surface area contributed by atoms with Crippen molar-refractivity contribution in [2.45, 2.75) is 24.4 Å². The molecule has 126 valence electrons. The number of aromatic nitrogens is 1. The Labute approximate surface area is 141 Å². The van der Waals surface area contributed by atoms with Gasteiger partial charge >= 0.3 is 0 Å². The highest BCUT2D eigenvalue weighted by Crippen LogP contribution is 2.17. The second-order valence-corrected chi connectivity index (χ2v) is 7.87. The van der Waals surface area contributed by atoms with E-state index < -0.39 is 9.84 Å². The van der Waals surface area contributed by atoms with Crippen LogP contribution >= 0.6 is 0 Å². The summed E-state index contributed by atoms with van der Waals surface area (Å²) in [6, 6.07) is 6.52. The minimum atomic E-state index is -3.21. The van der Waals surface area contributed by atoms with Crippen LogP contribution in [0.25, 0.3) is 0 Å². The van der Waals surface area contributed by atoms with E-state index in [1.54, 1.807) is 36.7 Å². The number of fused-ring (bicyclic) bond motifs is 1. The minimum absolute atomic E-state index is 0.159. The van der Waals surface area contributed by atoms with Crippen molar-refractivity contribution in [1.29, 1.82) is 0 Å². The van der Waals surface area contributed by atoms with Crippen molar-refractivity contribution in [3.63, 3.8) is 0 Å². The zero-order valence-electron chi connectivity index (χ0n) is 13.4. The summed E-state index contributed by atoms with van der Waals surface area (Å²) in [6.45, 7) is 1.92. The van der Waals surface area contributed by atoms with Crippen LogP contribution in [0.2, 0.25) is 0 Å². The molecule has 0 bridgehead atoms. The molecule has 0 aliphatic carbocycles. The Bertz CT molecular complexity index is 861. The summed E-state index contributed by atoms with van der Waals surface area (Å²) in [6.07, 6.45) is 5.38. The Hall–Kier alpha value is -2.25.